The van der Waals surface area contributed by atoms with Crippen LogP contribution in [0.25, 0.3) is 0 Å². The summed E-state index contributed by atoms with van der Waals surface area (Å²) >= 11 is 1.54. The molecule has 1 rings (SSSR count). The van der Waals surface area contributed by atoms with Crippen LogP contribution in [-0.4, -0.2) is 23.5 Å². The molecule has 0 fully saturated rings. The minimum Gasteiger partial charge on any atom is -0.481 e. The number of aliphatic carboxylic acids is 1. The lowest BCUT2D eigenvalue weighted by molar-refractivity contribution is -0.147. The van der Waals surface area contributed by atoms with Crippen LogP contribution in [0.4, 0.5) is 0 Å². The third kappa shape index (κ3) is 4.56. The van der Waals surface area contributed by atoms with Gasteiger partial charge in [0.1, 0.15) is 0 Å². The second-order valence-corrected chi connectivity index (χ2v) is 5.58. The standard InChI is InChI=1S/C12H17NO3S/c1-12(2,11(15)16)5-6-13-10(14)8-9-4-3-7-17-9/h3-4,7H,5-6,8H2,1-2H3,(H,13,14)(H,15,16). The van der Waals surface area contributed by atoms with Crippen molar-refractivity contribution in [2.24, 2.45) is 5.41 Å². The average molecular weight is 255 g/mol. The molecule has 0 saturated carbocycles. The lowest BCUT2D eigenvalue weighted by atomic mass is 9.90. The molecule has 1 aromatic heterocycles. The molecule has 0 atom stereocenters. The minimum absolute atomic E-state index is 0.0614. The number of carbonyl (C=O) groups excluding carboxylic acids is 1. The van der Waals surface area contributed by atoms with Crippen molar-refractivity contribution in [1.29, 1.82) is 0 Å². The van der Waals surface area contributed by atoms with Gasteiger partial charge in [0, 0.05) is 11.4 Å². The summed E-state index contributed by atoms with van der Waals surface area (Å²) in [6, 6.07) is 3.81. The summed E-state index contributed by atoms with van der Waals surface area (Å²) in [5.41, 5.74) is -0.795. The third-order valence-electron chi connectivity index (χ3n) is 2.57. The van der Waals surface area contributed by atoms with Crippen molar-refractivity contribution < 1.29 is 14.7 Å². The second kappa shape index (κ2) is 5.82. The van der Waals surface area contributed by atoms with Crippen molar-refractivity contribution in [2.75, 3.05) is 6.54 Å². The van der Waals surface area contributed by atoms with Gasteiger partial charge < -0.3 is 10.4 Å². The van der Waals surface area contributed by atoms with Gasteiger partial charge in [-0.15, -0.1) is 11.3 Å². The molecule has 0 aromatic carbocycles. The molecule has 0 unspecified atom stereocenters. The summed E-state index contributed by atoms with van der Waals surface area (Å²) in [5.74, 6) is -0.904. The van der Waals surface area contributed by atoms with E-state index in [1.54, 1.807) is 25.2 Å². The normalized spacial score (nSPS) is 11.2. The molecule has 94 valence electrons. The fourth-order valence-electron chi connectivity index (χ4n) is 1.26. The van der Waals surface area contributed by atoms with Gasteiger partial charge in [-0.25, -0.2) is 0 Å². The molecular weight excluding hydrogens is 238 g/mol. The fraction of sp³-hybridized carbons (Fsp3) is 0.500. The number of carbonyl (C=O) groups is 2. The largest absolute Gasteiger partial charge is 0.481 e. The molecule has 2 N–H and O–H groups in total. The van der Waals surface area contributed by atoms with Gasteiger partial charge in [-0.2, -0.15) is 0 Å². The lowest BCUT2D eigenvalue weighted by Crippen LogP contribution is -2.32. The number of amides is 1. The van der Waals surface area contributed by atoms with Crippen LogP contribution in [0, 0.1) is 5.41 Å². The first kappa shape index (κ1) is 13.7. The van der Waals surface area contributed by atoms with E-state index in [1.807, 2.05) is 17.5 Å². The van der Waals surface area contributed by atoms with Gasteiger partial charge >= 0.3 is 5.97 Å². The molecule has 0 radical (unpaired) electrons. The summed E-state index contributed by atoms with van der Waals surface area (Å²) in [6.07, 6.45) is 0.795. The van der Waals surface area contributed by atoms with E-state index in [0.717, 1.165) is 4.88 Å². The molecule has 0 aliphatic carbocycles. The van der Waals surface area contributed by atoms with Gasteiger partial charge in [0.2, 0.25) is 5.91 Å². The van der Waals surface area contributed by atoms with Gasteiger partial charge in [-0.05, 0) is 31.7 Å². The Labute approximate surface area is 105 Å². The van der Waals surface area contributed by atoms with Gasteiger partial charge in [0.05, 0.1) is 11.8 Å². The molecule has 0 aliphatic rings. The monoisotopic (exact) mass is 255 g/mol. The maximum Gasteiger partial charge on any atom is 0.309 e. The number of hydrogen-bond donors (Lipinski definition) is 2. The number of thiophene rings is 1. The quantitative estimate of drug-likeness (QED) is 0.816. The first-order chi connectivity index (χ1) is 7.92. The number of rotatable bonds is 6. The van der Waals surface area contributed by atoms with Crippen LogP contribution in [0.5, 0.6) is 0 Å². The molecule has 5 heteroatoms. The van der Waals surface area contributed by atoms with Gasteiger partial charge in [0.25, 0.3) is 0 Å². The molecule has 4 nitrogen and oxygen atoms in total. The highest BCUT2D eigenvalue weighted by atomic mass is 32.1. The second-order valence-electron chi connectivity index (χ2n) is 4.55. The number of carboxylic acids is 1. The minimum atomic E-state index is -0.843. The Morgan fingerprint density at radius 2 is 2.18 bits per heavy atom. The van der Waals surface area contributed by atoms with Crippen molar-refractivity contribution in [2.45, 2.75) is 26.7 Å². The Hall–Kier alpha value is -1.36. The Balaban J connectivity index is 2.27. The maximum atomic E-state index is 11.5. The predicted octanol–water partition coefficient (Wildman–Crippen LogP) is 1.91. The zero-order valence-corrected chi connectivity index (χ0v) is 10.8. The summed E-state index contributed by atoms with van der Waals surface area (Å²) in [4.78, 5) is 23.4. The highest BCUT2D eigenvalue weighted by molar-refractivity contribution is 7.10. The van der Waals surface area contributed by atoms with E-state index in [-0.39, 0.29) is 5.91 Å². The molecule has 0 aliphatic heterocycles. The fourth-order valence-corrected chi connectivity index (χ4v) is 1.96. The first-order valence-electron chi connectivity index (χ1n) is 5.44. The zero-order chi connectivity index (χ0) is 12.9. The number of nitrogens with one attached hydrogen (secondary N) is 1. The first-order valence-corrected chi connectivity index (χ1v) is 6.32. The molecule has 0 spiro atoms. The Morgan fingerprint density at radius 3 is 2.71 bits per heavy atom. The van der Waals surface area contributed by atoms with Crippen LogP contribution >= 0.6 is 11.3 Å². The van der Waals surface area contributed by atoms with Gasteiger partial charge in [-0.3, -0.25) is 9.59 Å². The topological polar surface area (TPSA) is 66.4 Å². The van der Waals surface area contributed by atoms with Crippen LogP contribution in [-0.2, 0) is 16.0 Å². The highest BCUT2D eigenvalue weighted by Crippen LogP contribution is 2.19. The maximum absolute atomic E-state index is 11.5. The SMILES string of the molecule is CC(C)(CCNC(=O)Cc1cccs1)C(=O)O. The van der Waals surface area contributed by atoms with E-state index in [4.69, 9.17) is 5.11 Å². The van der Waals surface area contributed by atoms with Crippen LogP contribution < -0.4 is 5.32 Å². The number of carboxylic acid groups (broad SMARTS) is 1. The molecule has 0 saturated heterocycles. The highest BCUT2D eigenvalue weighted by Gasteiger charge is 2.26. The summed E-state index contributed by atoms with van der Waals surface area (Å²) in [6.45, 7) is 3.70. The third-order valence-corrected chi connectivity index (χ3v) is 3.44. The van der Waals surface area contributed by atoms with Crippen LogP contribution in [0.3, 0.4) is 0 Å². The van der Waals surface area contributed by atoms with E-state index in [2.05, 4.69) is 5.32 Å². The Morgan fingerprint density at radius 1 is 1.47 bits per heavy atom. The van der Waals surface area contributed by atoms with E-state index < -0.39 is 11.4 Å². The van der Waals surface area contributed by atoms with E-state index in [9.17, 15) is 9.59 Å². The van der Waals surface area contributed by atoms with Crippen molar-refractivity contribution in [1.82, 2.24) is 5.32 Å². The van der Waals surface area contributed by atoms with E-state index >= 15 is 0 Å². The summed E-state index contributed by atoms with van der Waals surface area (Å²) in [7, 11) is 0. The van der Waals surface area contributed by atoms with Crippen LogP contribution in [0.1, 0.15) is 25.1 Å². The van der Waals surface area contributed by atoms with Crippen molar-refractivity contribution in [3.63, 3.8) is 0 Å². The molecule has 0 bridgehead atoms. The molecule has 1 aromatic rings. The zero-order valence-electron chi connectivity index (χ0n) is 10.0. The smallest absolute Gasteiger partial charge is 0.309 e. The molecule has 1 amide bonds. The summed E-state index contributed by atoms with van der Waals surface area (Å²) < 4.78 is 0. The van der Waals surface area contributed by atoms with E-state index in [1.165, 1.54) is 0 Å². The Kier molecular flexibility index (Phi) is 4.69. The van der Waals surface area contributed by atoms with E-state index in [0.29, 0.717) is 19.4 Å². The lowest BCUT2D eigenvalue weighted by Gasteiger charge is -2.18. The average Bonchev–Trinajstić information content (AvgIpc) is 2.69. The van der Waals surface area contributed by atoms with Gasteiger partial charge in [-0.1, -0.05) is 6.07 Å². The predicted molar refractivity (Wildman–Crippen MR) is 67.1 cm³/mol. The summed E-state index contributed by atoms with van der Waals surface area (Å²) in [5, 5.41) is 13.6. The van der Waals surface area contributed by atoms with Crippen LogP contribution in [0.15, 0.2) is 17.5 Å². The number of hydrogen-bond acceptors (Lipinski definition) is 3. The van der Waals surface area contributed by atoms with Crippen LogP contribution in [0.2, 0.25) is 0 Å². The molecular formula is C12H17NO3S. The van der Waals surface area contributed by atoms with Crippen molar-refractivity contribution in [3.8, 4) is 0 Å². The molecule has 1 heterocycles. The van der Waals surface area contributed by atoms with Gasteiger partial charge in [0.15, 0.2) is 0 Å². The molecule has 17 heavy (non-hydrogen) atoms. The van der Waals surface area contributed by atoms with Crippen molar-refractivity contribution >= 4 is 23.2 Å². The van der Waals surface area contributed by atoms with Crippen molar-refractivity contribution in [3.05, 3.63) is 22.4 Å². The Bertz CT molecular complexity index is 384.